The first kappa shape index (κ1) is 13.7. The van der Waals surface area contributed by atoms with Crippen molar-refractivity contribution in [2.24, 2.45) is 10.7 Å². The van der Waals surface area contributed by atoms with Crippen molar-refractivity contribution in [1.82, 2.24) is 0 Å². The van der Waals surface area contributed by atoms with Crippen LogP contribution in [0.3, 0.4) is 0 Å². The van der Waals surface area contributed by atoms with Crippen molar-refractivity contribution in [3.8, 4) is 5.75 Å². The summed E-state index contributed by atoms with van der Waals surface area (Å²) >= 11 is 5.51. The lowest BCUT2D eigenvalue weighted by molar-refractivity contribution is 0.144. The summed E-state index contributed by atoms with van der Waals surface area (Å²) in [5, 5.41) is 0. The molecule has 4 nitrogen and oxygen atoms in total. The first-order chi connectivity index (χ1) is 8.19. The Bertz CT molecular complexity index is 399. The second-order valence-electron chi connectivity index (χ2n) is 3.17. The molecule has 0 aliphatic rings. The number of para-hydroxylation sites is 1. The molecule has 0 saturated carbocycles. The fourth-order valence-electron chi connectivity index (χ4n) is 1.14. The van der Waals surface area contributed by atoms with Crippen molar-refractivity contribution in [3.05, 3.63) is 24.0 Å². The number of aliphatic imine (C=N–C) groups is 1. The molecule has 0 radical (unpaired) electrons. The summed E-state index contributed by atoms with van der Waals surface area (Å²) in [6.07, 6.45) is 0. The van der Waals surface area contributed by atoms with Gasteiger partial charge in [0.2, 0.25) is 0 Å². The quantitative estimate of drug-likeness (QED) is 0.369. The van der Waals surface area contributed by atoms with E-state index in [1.165, 1.54) is 19.2 Å². The molecule has 0 aliphatic heterocycles. The van der Waals surface area contributed by atoms with Crippen LogP contribution in [-0.2, 0) is 4.74 Å². The summed E-state index contributed by atoms with van der Waals surface area (Å²) in [5.74, 6) is -0.162. The first-order valence-corrected chi connectivity index (χ1v) is 5.51. The number of methoxy groups -OCH3 is 1. The molecule has 0 fully saturated rings. The number of hydrogen-bond acceptors (Lipinski definition) is 3. The lowest BCUT2D eigenvalue weighted by Crippen LogP contribution is -2.12. The Hall–Kier alpha value is -1.33. The van der Waals surface area contributed by atoms with Gasteiger partial charge >= 0.3 is 0 Å². The Morgan fingerprint density at radius 3 is 2.88 bits per heavy atom. The van der Waals surface area contributed by atoms with Gasteiger partial charge in [0.25, 0.3) is 0 Å². The van der Waals surface area contributed by atoms with E-state index in [4.69, 9.17) is 26.8 Å². The number of ether oxygens (including phenoxy) is 2. The SMILES string of the molecule is COCCOc1c(F)cccc1N=C(N)CCl. The summed E-state index contributed by atoms with van der Waals surface area (Å²) < 4.78 is 23.6. The molecule has 1 aromatic rings. The topological polar surface area (TPSA) is 56.8 Å². The molecule has 2 N–H and O–H groups in total. The monoisotopic (exact) mass is 260 g/mol. The normalized spacial score (nSPS) is 11.6. The highest BCUT2D eigenvalue weighted by Gasteiger charge is 2.09. The van der Waals surface area contributed by atoms with Crippen LogP contribution in [0.25, 0.3) is 0 Å². The Balaban J connectivity index is 2.92. The second-order valence-corrected chi connectivity index (χ2v) is 3.43. The minimum absolute atomic E-state index is 0.0533. The Labute approximate surface area is 104 Å². The van der Waals surface area contributed by atoms with E-state index in [0.717, 1.165) is 0 Å². The number of rotatable bonds is 6. The molecule has 0 saturated heterocycles. The molecule has 0 unspecified atom stereocenters. The van der Waals surface area contributed by atoms with Gasteiger partial charge in [0.1, 0.15) is 18.1 Å². The van der Waals surface area contributed by atoms with Crippen LogP contribution >= 0.6 is 11.6 Å². The Morgan fingerprint density at radius 2 is 2.24 bits per heavy atom. The number of hydrogen-bond donors (Lipinski definition) is 1. The third-order valence-corrected chi connectivity index (χ3v) is 2.15. The van der Waals surface area contributed by atoms with Crippen molar-refractivity contribution in [2.75, 3.05) is 26.2 Å². The third-order valence-electron chi connectivity index (χ3n) is 1.88. The van der Waals surface area contributed by atoms with Crippen LogP contribution in [0.5, 0.6) is 5.75 Å². The summed E-state index contributed by atoms with van der Waals surface area (Å²) in [6, 6.07) is 4.42. The van der Waals surface area contributed by atoms with E-state index >= 15 is 0 Å². The first-order valence-electron chi connectivity index (χ1n) is 4.98. The van der Waals surface area contributed by atoms with Gasteiger partial charge in [0.15, 0.2) is 11.6 Å². The maximum Gasteiger partial charge on any atom is 0.180 e. The zero-order chi connectivity index (χ0) is 12.7. The van der Waals surface area contributed by atoms with Crippen LogP contribution < -0.4 is 10.5 Å². The highest BCUT2D eigenvalue weighted by molar-refractivity contribution is 6.28. The number of alkyl halides is 1. The van der Waals surface area contributed by atoms with Crippen molar-refractivity contribution >= 4 is 23.1 Å². The predicted molar refractivity (Wildman–Crippen MR) is 65.8 cm³/mol. The lowest BCUT2D eigenvalue weighted by Gasteiger charge is -2.09. The zero-order valence-electron chi connectivity index (χ0n) is 9.45. The maximum atomic E-state index is 13.5. The molecule has 6 heteroatoms. The zero-order valence-corrected chi connectivity index (χ0v) is 10.2. The molecule has 1 aromatic carbocycles. The summed E-state index contributed by atoms with van der Waals surface area (Å²) in [6.45, 7) is 0.600. The largest absolute Gasteiger partial charge is 0.486 e. The van der Waals surface area contributed by atoms with Crippen LogP contribution in [0.1, 0.15) is 0 Å². The highest BCUT2D eigenvalue weighted by atomic mass is 35.5. The van der Waals surface area contributed by atoms with E-state index in [1.807, 2.05) is 0 Å². The van der Waals surface area contributed by atoms with Gasteiger partial charge in [-0.05, 0) is 12.1 Å². The van der Waals surface area contributed by atoms with Gasteiger partial charge in [0.05, 0.1) is 12.5 Å². The Morgan fingerprint density at radius 1 is 1.47 bits per heavy atom. The molecule has 0 aromatic heterocycles. The molecule has 17 heavy (non-hydrogen) atoms. The minimum atomic E-state index is -0.496. The Kier molecular flexibility index (Phi) is 5.72. The van der Waals surface area contributed by atoms with Crippen LogP contribution in [0, 0.1) is 5.82 Å². The standard InChI is InChI=1S/C11H14ClFN2O2/c1-16-5-6-17-11-8(13)3-2-4-9(11)15-10(14)7-12/h2-4H,5-7H2,1H3,(H2,14,15). The number of halogens is 2. The highest BCUT2D eigenvalue weighted by Crippen LogP contribution is 2.30. The molecule has 0 bridgehead atoms. The molecule has 94 valence electrons. The molecular formula is C11H14ClFN2O2. The predicted octanol–water partition coefficient (Wildman–Crippen LogP) is 2.08. The molecule has 0 aliphatic carbocycles. The lowest BCUT2D eigenvalue weighted by atomic mass is 10.3. The van der Waals surface area contributed by atoms with E-state index in [9.17, 15) is 4.39 Å². The summed E-state index contributed by atoms with van der Waals surface area (Å²) in [4.78, 5) is 3.97. The van der Waals surface area contributed by atoms with E-state index in [0.29, 0.717) is 12.3 Å². The third kappa shape index (κ3) is 4.20. The van der Waals surface area contributed by atoms with Crippen LogP contribution in [0.2, 0.25) is 0 Å². The van der Waals surface area contributed by atoms with Crippen molar-refractivity contribution in [1.29, 1.82) is 0 Å². The molecule has 0 amide bonds. The van der Waals surface area contributed by atoms with E-state index in [1.54, 1.807) is 6.07 Å². The summed E-state index contributed by atoms with van der Waals surface area (Å²) in [5.41, 5.74) is 5.81. The molecular weight excluding hydrogens is 247 g/mol. The summed E-state index contributed by atoms with van der Waals surface area (Å²) in [7, 11) is 1.54. The van der Waals surface area contributed by atoms with Gasteiger partial charge < -0.3 is 15.2 Å². The molecule has 0 heterocycles. The smallest absolute Gasteiger partial charge is 0.180 e. The number of nitrogens with zero attached hydrogens (tertiary/aromatic N) is 1. The van der Waals surface area contributed by atoms with Gasteiger partial charge in [-0.15, -0.1) is 11.6 Å². The van der Waals surface area contributed by atoms with Gasteiger partial charge in [-0.1, -0.05) is 6.07 Å². The van der Waals surface area contributed by atoms with Gasteiger partial charge in [-0.25, -0.2) is 9.38 Å². The average molecular weight is 261 g/mol. The molecule has 0 spiro atoms. The van der Waals surface area contributed by atoms with E-state index in [2.05, 4.69) is 4.99 Å². The average Bonchev–Trinajstić information content (AvgIpc) is 2.32. The van der Waals surface area contributed by atoms with Crippen molar-refractivity contribution in [2.45, 2.75) is 0 Å². The number of amidine groups is 1. The van der Waals surface area contributed by atoms with Crippen molar-refractivity contribution < 1.29 is 13.9 Å². The van der Waals surface area contributed by atoms with Crippen molar-refractivity contribution in [3.63, 3.8) is 0 Å². The maximum absolute atomic E-state index is 13.5. The van der Waals surface area contributed by atoms with Gasteiger partial charge in [-0.2, -0.15) is 0 Å². The molecule has 0 atom stereocenters. The number of benzene rings is 1. The van der Waals surface area contributed by atoms with Crippen LogP contribution in [0.4, 0.5) is 10.1 Å². The van der Waals surface area contributed by atoms with Gasteiger partial charge in [0, 0.05) is 7.11 Å². The fourth-order valence-corrected chi connectivity index (χ4v) is 1.20. The fraction of sp³-hybridized carbons (Fsp3) is 0.364. The second kappa shape index (κ2) is 7.09. The van der Waals surface area contributed by atoms with E-state index < -0.39 is 5.82 Å². The minimum Gasteiger partial charge on any atom is -0.486 e. The van der Waals surface area contributed by atoms with Crippen LogP contribution in [-0.4, -0.2) is 32.0 Å². The molecule has 1 rings (SSSR count). The number of nitrogens with two attached hydrogens (primary N) is 1. The van der Waals surface area contributed by atoms with E-state index in [-0.39, 0.29) is 24.1 Å². The van der Waals surface area contributed by atoms with Crippen LogP contribution in [0.15, 0.2) is 23.2 Å². The van der Waals surface area contributed by atoms with Gasteiger partial charge in [-0.3, -0.25) is 0 Å².